The zero-order chi connectivity index (χ0) is 77.4. The Kier molecular flexibility index (Phi) is 21.9. The molecule has 3 aliphatic rings. The fourth-order valence-corrected chi connectivity index (χ4v) is 14.5. The van der Waals surface area contributed by atoms with Crippen LogP contribution in [0.1, 0.15) is 129 Å². The van der Waals surface area contributed by atoms with Crippen LogP contribution in [0.25, 0.3) is 32.7 Å². The molecule has 0 unspecified atom stereocenters. The van der Waals surface area contributed by atoms with E-state index in [0.29, 0.717) is 79.8 Å². The number of nitrogens with one attached hydrogen (secondary N) is 1. The lowest BCUT2D eigenvalue weighted by Crippen LogP contribution is -2.28. The molecule has 0 radical (unpaired) electrons. The zero-order valence-electron chi connectivity index (χ0n) is 60.8. The molecule has 10 aromatic carbocycles. The van der Waals surface area contributed by atoms with Crippen molar-refractivity contribution in [2.75, 3.05) is 30.5 Å². The summed E-state index contributed by atoms with van der Waals surface area (Å²) >= 11 is 0. The van der Waals surface area contributed by atoms with Gasteiger partial charge in [-0.05, 0) is 132 Å². The first-order valence-electron chi connectivity index (χ1n) is 36.0. The molecule has 2 N–H and O–H groups in total. The summed E-state index contributed by atoms with van der Waals surface area (Å²) in [4.78, 5) is 99.0. The minimum absolute atomic E-state index is 0.0337. The van der Waals surface area contributed by atoms with E-state index in [0.717, 1.165) is 55.5 Å². The van der Waals surface area contributed by atoms with Crippen LogP contribution >= 0.6 is 0 Å². The molecule has 0 aliphatic carbocycles. The van der Waals surface area contributed by atoms with Crippen molar-refractivity contribution in [3.05, 3.63) is 350 Å². The van der Waals surface area contributed by atoms with Gasteiger partial charge >= 0.3 is 18.2 Å². The molecule has 556 valence electrons. The lowest BCUT2D eigenvalue weighted by atomic mass is 9.96. The maximum atomic E-state index is 14.2. The standard InChI is InChI=1S/C34H28FN3O4.C32H23FN2O4.C23H22FN3O3/c1-2-41-34(40)37-29-26-14-9-19-36-30(26)32(42-31(23-10-5-3-6-11-23)24-12-7-4-8-13-24)28-27(29)21-38(33(28)39)20-22-15-17-25(35)18-16-22;33-23-15-13-20(14-16-23)18-35-19-25-26(32(37)38)24-12-7-17-34-28(24)30(27(25)31(35)36)39-29(21-8-3-1-4-9-21)22-10-5-2-6-11-22;1-4-30-23(29)26(3)21-17-6-5-11-25-20(17)14(2)19-18(21)13-27(22(19)28)12-15-7-9-16(24)10-8-15/h3-19,31H,2,20-21H2,1H3,(H,37,40);1-17,29H,18-19H2,(H,37,38);5-11H,4,12-13H2,1-3H3. The van der Waals surface area contributed by atoms with Gasteiger partial charge in [0.25, 0.3) is 17.7 Å². The highest BCUT2D eigenvalue weighted by atomic mass is 19.1. The maximum absolute atomic E-state index is 14.2. The van der Waals surface area contributed by atoms with Crippen molar-refractivity contribution in [1.82, 2.24) is 29.7 Å². The first-order valence-corrected chi connectivity index (χ1v) is 36.0. The van der Waals surface area contributed by atoms with Crippen molar-refractivity contribution in [2.45, 2.75) is 72.2 Å². The SMILES string of the molecule is CCOC(=O)N(C)c1c2c(c(C)c3ncccc13)C(=O)N(Cc1ccc(F)cc1)C2.CCOC(=O)Nc1c2c(c(OC(c3ccccc3)c3ccccc3)c3ncccc13)C(=O)N(Cc1ccc(F)cc1)C2.O=C(O)c1c2c(c(OC(c3ccccc3)c3ccccc3)c3ncccc13)C(=O)N(Cc1ccc(F)cc1)C2. The number of amides is 5. The van der Waals surface area contributed by atoms with Crippen molar-refractivity contribution >= 4 is 80.0 Å². The predicted octanol–water partition coefficient (Wildman–Crippen LogP) is 18.1. The topological polar surface area (TPSA) is 223 Å². The molecule has 6 heterocycles. The third-order valence-electron chi connectivity index (χ3n) is 19.5. The van der Waals surface area contributed by atoms with Gasteiger partial charge in [-0.2, -0.15) is 0 Å². The van der Waals surface area contributed by atoms with Gasteiger partial charge < -0.3 is 38.8 Å². The van der Waals surface area contributed by atoms with E-state index in [4.69, 9.17) is 18.9 Å². The Morgan fingerprint density at radius 3 is 1.25 bits per heavy atom. The Bertz CT molecular complexity index is 5600. The van der Waals surface area contributed by atoms with Crippen LogP contribution in [0.4, 0.5) is 34.1 Å². The van der Waals surface area contributed by atoms with E-state index >= 15 is 0 Å². The van der Waals surface area contributed by atoms with Gasteiger partial charge in [0, 0.05) is 97.8 Å². The smallest absolute Gasteiger partial charge is 0.414 e. The largest absolute Gasteiger partial charge is 0.478 e. The summed E-state index contributed by atoms with van der Waals surface area (Å²) in [6.45, 7) is 7.21. The van der Waals surface area contributed by atoms with E-state index in [9.17, 15) is 47.0 Å². The predicted molar refractivity (Wildman–Crippen MR) is 414 cm³/mol. The average Bonchev–Trinajstić information content (AvgIpc) is 1.64. The summed E-state index contributed by atoms with van der Waals surface area (Å²) in [6.07, 6.45) is 2.63. The molecule has 16 rings (SSSR count). The van der Waals surface area contributed by atoms with E-state index in [1.165, 1.54) is 41.3 Å². The lowest BCUT2D eigenvalue weighted by Gasteiger charge is -2.23. The summed E-state index contributed by atoms with van der Waals surface area (Å²) in [7, 11) is 1.64. The van der Waals surface area contributed by atoms with Gasteiger partial charge in [0.15, 0.2) is 11.5 Å². The number of aryl methyl sites for hydroxylation is 1. The second-order valence-electron chi connectivity index (χ2n) is 26.6. The van der Waals surface area contributed by atoms with Crippen LogP contribution in [0.5, 0.6) is 11.5 Å². The number of halogens is 3. The number of hydrogen-bond acceptors (Lipinski definition) is 13. The molecular formula is C89H73F3N8O11. The van der Waals surface area contributed by atoms with E-state index < -0.39 is 30.4 Å². The first kappa shape index (κ1) is 74.1. The van der Waals surface area contributed by atoms with Gasteiger partial charge in [0.05, 0.1) is 52.4 Å². The number of ether oxygens (including phenoxy) is 4. The lowest BCUT2D eigenvalue weighted by molar-refractivity contribution is 0.0692. The van der Waals surface area contributed by atoms with Crippen molar-refractivity contribution < 1.29 is 66.0 Å². The molecule has 111 heavy (non-hydrogen) atoms. The van der Waals surface area contributed by atoms with Crippen LogP contribution in [-0.2, 0) is 48.7 Å². The Morgan fingerprint density at radius 1 is 0.459 bits per heavy atom. The van der Waals surface area contributed by atoms with Gasteiger partial charge in [0.1, 0.15) is 40.7 Å². The van der Waals surface area contributed by atoms with Gasteiger partial charge in [-0.15, -0.1) is 0 Å². The third-order valence-corrected chi connectivity index (χ3v) is 19.5. The summed E-state index contributed by atoms with van der Waals surface area (Å²) in [6, 6.07) is 67.5. The quantitative estimate of drug-likeness (QED) is 0.0769. The molecule has 3 aromatic heterocycles. The number of carbonyl (C=O) groups excluding carboxylic acids is 5. The molecule has 3 aliphatic heterocycles. The number of aromatic carboxylic acids is 1. The second-order valence-corrected chi connectivity index (χ2v) is 26.6. The molecule has 0 saturated carbocycles. The number of carboxylic acids is 1. The van der Waals surface area contributed by atoms with Gasteiger partial charge in [-0.3, -0.25) is 39.6 Å². The number of fused-ring (bicyclic) bond motifs is 6. The Morgan fingerprint density at radius 2 is 0.829 bits per heavy atom. The molecule has 0 spiro atoms. The molecule has 13 aromatic rings. The van der Waals surface area contributed by atoms with Crippen LogP contribution in [0.15, 0.2) is 249 Å². The number of carbonyl (C=O) groups is 6. The summed E-state index contributed by atoms with van der Waals surface area (Å²) < 4.78 is 64.2. The molecular weight excluding hydrogens is 1410 g/mol. The fourth-order valence-electron chi connectivity index (χ4n) is 14.5. The van der Waals surface area contributed by atoms with E-state index in [1.54, 1.807) is 109 Å². The number of hydrogen-bond donors (Lipinski definition) is 2. The highest BCUT2D eigenvalue weighted by Crippen LogP contribution is 2.48. The van der Waals surface area contributed by atoms with E-state index in [1.807, 2.05) is 146 Å². The van der Waals surface area contributed by atoms with Crippen LogP contribution in [0.2, 0.25) is 0 Å². The number of carboxylic acid groups (broad SMARTS) is 1. The van der Waals surface area contributed by atoms with Crippen molar-refractivity contribution in [2.24, 2.45) is 0 Å². The number of anilines is 2. The highest BCUT2D eigenvalue weighted by Gasteiger charge is 2.41. The molecule has 5 amide bonds. The van der Waals surface area contributed by atoms with Crippen LogP contribution in [-0.4, -0.2) is 90.9 Å². The van der Waals surface area contributed by atoms with Crippen molar-refractivity contribution in [1.29, 1.82) is 0 Å². The minimum atomic E-state index is -1.14. The minimum Gasteiger partial charge on any atom is -0.478 e. The average molecular weight is 1490 g/mol. The number of pyridine rings is 3. The molecule has 19 nitrogen and oxygen atoms in total. The van der Waals surface area contributed by atoms with Crippen molar-refractivity contribution in [3.8, 4) is 11.5 Å². The normalized spacial score (nSPS) is 12.7. The number of rotatable bonds is 19. The number of benzene rings is 10. The zero-order valence-corrected chi connectivity index (χ0v) is 60.8. The first-order chi connectivity index (χ1) is 54.0. The summed E-state index contributed by atoms with van der Waals surface area (Å²) in [5.74, 6) is -2.37. The molecule has 0 saturated heterocycles. The molecule has 22 heteroatoms. The summed E-state index contributed by atoms with van der Waals surface area (Å²) in [5.41, 5.74) is 12.1. The van der Waals surface area contributed by atoms with E-state index in [-0.39, 0.29) is 91.4 Å². The fraction of sp³-hybridized carbons (Fsp3) is 0.157. The number of nitrogens with zero attached hydrogens (tertiary/aromatic N) is 7. The third kappa shape index (κ3) is 15.4. The van der Waals surface area contributed by atoms with Gasteiger partial charge in [-0.1, -0.05) is 164 Å². The Balaban J connectivity index is 0.000000141. The molecule has 0 fully saturated rings. The highest BCUT2D eigenvalue weighted by molar-refractivity contribution is 6.16. The molecule has 0 atom stereocenters. The van der Waals surface area contributed by atoms with Crippen LogP contribution in [0, 0.1) is 24.4 Å². The number of aromatic nitrogens is 3. The molecule has 0 bridgehead atoms. The van der Waals surface area contributed by atoms with Crippen LogP contribution < -0.4 is 19.7 Å². The Labute approximate surface area is 636 Å². The summed E-state index contributed by atoms with van der Waals surface area (Å²) in [5, 5.41) is 14.9. The maximum Gasteiger partial charge on any atom is 0.414 e. The Hall–Kier alpha value is -13.8. The second kappa shape index (κ2) is 32.8. The van der Waals surface area contributed by atoms with E-state index in [2.05, 4.69) is 20.3 Å². The van der Waals surface area contributed by atoms with Crippen molar-refractivity contribution in [3.63, 3.8) is 0 Å². The van der Waals surface area contributed by atoms with Gasteiger partial charge in [-0.25, -0.2) is 27.6 Å². The monoisotopic (exact) mass is 1490 g/mol. The van der Waals surface area contributed by atoms with Crippen LogP contribution in [0.3, 0.4) is 0 Å². The van der Waals surface area contributed by atoms with Gasteiger partial charge in [0.2, 0.25) is 0 Å².